The average Bonchev–Trinajstić information content (AvgIpc) is 2.48. The first-order valence-electron chi connectivity index (χ1n) is 7.64. The van der Waals surface area contributed by atoms with Crippen LogP contribution in [0.3, 0.4) is 0 Å². The van der Waals surface area contributed by atoms with Gasteiger partial charge in [0.15, 0.2) is 0 Å². The van der Waals surface area contributed by atoms with E-state index in [0.717, 1.165) is 30.6 Å². The predicted molar refractivity (Wildman–Crippen MR) is 86.5 cm³/mol. The fourth-order valence-electron chi connectivity index (χ4n) is 2.38. The molecule has 0 radical (unpaired) electrons. The highest BCUT2D eigenvalue weighted by Crippen LogP contribution is 2.24. The molecular weight excluding hydrogens is 260 g/mol. The van der Waals surface area contributed by atoms with E-state index in [2.05, 4.69) is 24.3 Å². The van der Waals surface area contributed by atoms with Gasteiger partial charge in [-0.05, 0) is 56.4 Å². The lowest BCUT2D eigenvalue weighted by atomic mass is 10.0. The maximum atomic E-state index is 10.3. The minimum absolute atomic E-state index is 0.149. The molecule has 2 aromatic carbocycles. The summed E-state index contributed by atoms with van der Waals surface area (Å²) in [5.41, 5.74) is 2.25. The van der Waals surface area contributed by atoms with Gasteiger partial charge in [0.25, 0.3) is 0 Å². The van der Waals surface area contributed by atoms with Crippen molar-refractivity contribution in [2.45, 2.75) is 45.3 Å². The van der Waals surface area contributed by atoms with Crippen LogP contribution in [0.15, 0.2) is 54.6 Å². The van der Waals surface area contributed by atoms with Crippen molar-refractivity contribution >= 4 is 0 Å². The van der Waals surface area contributed by atoms with E-state index in [1.165, 1.54) is 5.56 Å². The Balaban J connectivity index is 1.86. The van der Waals surface area contributed by atoms with Gasteiger partial charge in [0.2, 0.25) is 0 Å². The van der Waals surface area contributed by atoms with Crippen LogP contribution in [-0.2, 0) is 6.42 Å². The zero-order valence-corrected chi connectivity index (χ0v) is 12.8. The Labute approximate surface area is 127 Å². The Hall–Kier alpha value is -1.80. The zero-order valence-electron chi connectivity index (χ0n) is 12.8. The highest BCUT2D eigenvalue weighted by molar-refractivity contribution is 5.30. The van der Waals surface area contributed by atoms with Crippen LogP contribution in [0.25, 0.3) is 0 Å². The van der Waals surface area contributed by atoms with Gasteiger partial charge in [-0.15, -0.1) is 0 Å². The van der Waals surface area contributed by atoms with Gasteiger partial charge in [0, 0.05) is 0 Å². The Morgan fingerprint density at radius 1 is 1.00 bits per heavy atom. The lowest BCUT2D eigenvalue weighted by Gasteiger charge is -2.14. The van der Waals surface area contributed by atoms with E-state index in [0.29, 0.717) is 0 Å². The van der Waals surface area contributed by atoms with Crippen LogP contribution < -0.4 is 4.74 Å². The average molecular weight is 284 g/mol. The van der Waals surface area contributed by atoms with Crippen molar-refractivity contribution in [3.63, 3.8) is 0 Å². The van der Waals surface area contributed by atoms with Crippen LogP contribution in [0.2, 0.25) is 0 Å². The molecule has 0 aliphatic carbocycles. The number of benzene rings is 2. The predicted octanol–water partition coefficient (Wildman–Crippen LogP) is 4.53. The van der Waals surface area contributed by atoms with Gasteiger partial charge in [-0.25, -0.2) is 0 Å². The second-order valence-electron chi connectivity index (χ2n) is 5.63. The fraction of sp³-hybridized carbons (Fsp3) is 0.368. The molecule has 0 spiro atoms. The zero-order chi connectivity index (χ0) is 15.1. The van der Waals surface area contributed by atoms with Crippen LogP contribution in [0, 0.1) is 0 Å². The summed E-state index contributed by atoms with van der Waals surface area (Å²) in [5.74, 6) is 0.824. The highest BCUT2D eigenvalue weighted by Gasteiger charge is 2.09. The quantitative estimate of drug-likeness (QED) is 0.809. The Kier molecular flexibility index (Phi) is 5.82. The summed E-state index contributed by atoms with van der Waals surface area (Å²) in [7, 11) is 0. The number of hydrogen-bond acceptors (Lipinski definition) is 2. The third-order valence-corrected chi connectivity index (χ3v) is 3.40. The van der Waals surface area contributed by atoms with Crippen LogP contribution in [0.1, 0.15) is 43.9 Å². The molecule has 2 rings (SSSR count). The number of aryl methyl sites for hydroxylation is 1. The lowest BCUT2D eigenvalue weighted by Crippen LogP contribution is -2.06. The molecule has 112 valence electrons. The van der Waals surface area contributed by atoms with Gasteiger partial charge >= 0.3 is 0 Å². The summed E-state index contributed by atoms with van der Waals surface area (Å²) >= 11 is 0. The summed E-state index contributed by atoms with van der Waals surface area (Å²) in [5, 5.41) is 10.3. The molecule has 0 aliphatic rings. The molecule has 2 aromatic rings. The third kappa shape index (κ3) is 5.24. The van der Waals surface area contributed by atoms with Gasteiger partial charge < -0.3 is 9.84 Å². The van der Waals surface area contributed by atoms with Gasteiger partial charge in [0.05, 0.1) is 12.2 Å². The summed E-state index contributed by atoms with van der Waals surface area (Å²) in [6.45, 7) is 4.01. The monoisotopic (exact) mass is 284 g/mol. The summed E-state index contributed by atoms with van der Waals surface area (Å²) in [6, 6.07) is 18.2. The molecule has 2 heteroatoms. The van der Waals surface area contributed by atoms with E-state index < -0.39 is 6.10 Å². The van der Waals surface area contributed by atoms with Crippen LogP contribution >= 0.6 is 0 Å². The maximum absolute atomic E-state index is 10.3. The molecule has 21 heavy (non-hydrogen) atoms. The van der Waals surface area contributed by atoms with E-state index in [1.807, 2.05) is 44.2 Å². The maximum Gasteiger partial charge on any atom is 0.120 e. The topological polar surface area (TPSA) is 29.5 Å². The largest absolute Gasteiger partial charge is 0.491 e. The second-order valence-corrected chi connectivity index (χ2v) is 5.63. The van der Waals surface area contributed by atoms with Crippen LogP contribution in [0.4, 0.5) is 0 Å². The number of ether oxygens (including phenoxy) is 1. The number of hydrogen-bond donors (Lipinski definition) is 1. The van der Waals surface area contributed by atoms with Crippen molar-refractivity contribution in [3.05, 3.63) is 65.7 Å². The van der Waals surface area contributed by atoms with Crippen molar-refractivity contribution in [2.75, 3.05) is 0 Å². The smallest absolute Gasteiger partial charge is 0.120 e. The van der Waals surface area contributed by atoms with E-state index in [-0.39, 0.29) is 6.10 Å². The van der Waals surface area contributed by atoms with Crippen LogP contribution in [-0.4, -0.2) is 11.2 Å². The first kappa shape index (κ1) is 15.6. The van der Waals surface area contributed by atoms with Gasteiger partial charge in [0.1, 0.15) is 5.75 Å². The van der Waals surface area contributed by atoms with Crippen molar-refractivity contribution < 1.29 is 9.84 Å². The number of aliphatic hydroxyl groups is 1. The number of aliphatic hydroxyl groups excluding tert-OH is 1. The van der Waals surface area contributed by atoms with Crippen molar-refractivity contribution in [1.82, 2.24) is 0 Å². The molecule has 2 nitrogen and oxygen atoms in total. The summed E-state index contributed by atoms with van der Waals surface area (Å²) in [4.78, 5) is 0. The van der Waals surface area contributed by atoms with Crippen molar-refractivity contribution in [1.29, 1.82) is 0 Å². The van der Waals surface area contributed by atoms with Crippen LogP contribution in [0.5, 0.6) is 5.75 Å². The second kappa shape index (κ2) is 7.84. The molecule has 0 aliphatic heterocycles. The van der Waals surface area contributed by atoms with E-state index in [1.54, 1.807) is 0 Å². The fourth-order valence-corrected chi connectivity index (χ4v) is 2.38. The molecular formula is C19H24O2. The van der Waals surface area contributed by atoms with Crippen molar-refractivity contribution in [2.24, 2.45) is 0 Å². The molecule has 0 amide bonds. The molecule has 0 saturated heterocycles. The molecule has 0 heterocycles. The molecule has 0 saturated carbocycles. The van der Waals surface area contributed by atoms with E-state index >= 15 is 0 Å². The van der Waals surface area contributed by atoms with Gasteiger partial charge in [-0.3, -0.25) is 0 Å². The van der Waals surface area contributed by atoms with Gasteiger partial charge in [-0.1, -0.05) is 42.5 Å². The standard InChI is InChI=1S/C19H24O2/c1-15(2)21-18-12-7-11-17(14-18)19(20)13-6-10-16-8-4-3-5-9-16/h3-5,7-9,11-12,14-15,19-20H,6,10,13H2,1-2H3. The molecule has 1 N–H and O–H groups in total. The van der Waals surface area contributed by atoms with Gasteiger partial charge in [-0.2, -0.15) is 0 Å². The molecule has 0 bridgehead atoms. The van der Waals surface area contributed by atoms with Crippen molar-refractivity contribution in [3.8, 4) is 5.75 Å². The first-order chi connectivity index (χ1) is 10.1. The normalized spacial score (nSPS) is 12.4. The minimum Gasteiger partial charge on any atom is -0.491 e. The van der Waals surface area contributed by atoms with E-state index in [9.17, 15) is 5.11 Å². The molecule has 1 unspecified atom stereocenters. The van der Waals surface area contributed by atoms with E-state index in [4.69, 9.17) is 4.74 Å². The summed E-state index contributed by atoms with van der Waals surface area (Å²) in [6.07, 6.45) is 2.46. The first-order valence-corrected chi connectivity index (χ1v) is 7.64. The Morgan fingerprint density at radius 2 is 1.76 bits per heavy atom. The summed E-state index contributed by atoms with van der Waals surface area (Å²) < 4.78 is 5.67. The third-order valence-electron chi connectivity index (χ3n) is 3.40. The highest BCUT2D eigenvalue weighted by atomic mass is 16.5. The molecule has 0 fully saturated rings. The Bertz CT molecular complexity index is 534. The number of rotatable bonds is 7. The molecule has 1 atom stereocenters. The SMILES string of the molecule is CC(C)Oc1cccc(C(O)CCCc2ccccc2)c1. The minimum atomic E-state index is -0.426. The molecule has 0 aromatic heterocycles. The Morgan fingerprint density at radius 3 is 2.48 bits per heavy atom. The lowest BCUT2D eigenvalue weighted by molar-refractivity contribution is 0.163.